The average molecular weight is 311 g/mol. The van der Waals surface area contributed by atoms with Gasteiger partial charge in [-0.2, -0.15) is 0 Å². The smallest absolute Gasteiger partial charge is 0.251 e. The molecule has 1 atom stereocenters. The lowest BCUT2D eigenvalue weighted by Crippen LogP contribution is -2.43. The van der Waals surface area contributed by atoms with Crippen molar-refractivity contribution in [3.8, 4) is 5.75 Å². The Morgan fingerprint density at radius 2 is 2.04 bits per heavy atom. The van der Waals surface area contributed by atoms with Crippen LogP contribution in [0.15, 0.2) is 42.5 Å². The summed E-state index contributed by atoms with van der Waals surface area (Å²) in [5.74, 6) is -0.198. The highest BCUT2D eigenvalue weighted by atomic mass is 16.3. The summed E-state index contributed by atoms with van der Waals surface area (Å²) < 4.78 is 0. The predicted molar refractivity (Wildman–Crippen MR) is 88.5 cm³/mol. The summed E-state index contributed by atoms with van der Waals surface area (Å²) in [6, 6.07) is 12.7. The van der Waals surface area contributed by atoms with Crippen LogP contribution < -0.4 is 5.32 Å². The quantitative estimate of drug-likeness (QED) is 0.816. The van der Waals surface area contributed by atoms with E-state index in [1.54, 1.807) is 19.1 Å². The number of aryl methyl sites for hydroxylation is 2. The van der Waals surface area contributed by atoms with Crippen molar-refractivity contribution in [3.05, 3.63) is 64.7 Å². The molecule has 23 heavy (non-hydrogen) atoms. The van der Waals surface area contributed by atoms with Crippen LogP contribution in [0.1, 0.15) is 39.9 Å². The fourth-order valence-corrected chi connectivity index (χ4v) is 3.16. The molecule has 120 valence electrons. The maximum atomic E-state index is 12.3. The third-order valence-electron chi connectivity index (χ3n) is 4.57. The number of nitrogens with one attached hydrogen (secondary N) is 1. The monoisotopic (exact) mass is 311 g/mol. The molecule has 1 aliphatic carbocycles. The van der Waals surface area contributed by atoms with Gasteiger partial charge in [0.1, 0.15) is 11.4 Å². The molecule has 0 saturated heterocycles. The van der Waals surface area contributed by atoms with E-state index in [9.17, 15) is 15.0 Å². The van der Waals surface area contributed by atoms with E-state index >= 15 is 0 Å². The highest BCUT2D eigenvalue weighted by molar-refractivity contribution is 5.94. The van der Waals surface area contributed by atoms with E-state index in [2.05, 4.69) is 5.32 Å². The largest absolute Gasteiger partial charge is 0.508 e. The van der Waals surface area contributed by atoms with Crippen molar-refractivity contribution in [1.29, 1.82) is 0 Å². The summed E-state index contributed by atoms with van der Waals surface area (Å²) >= 11 is 0. The predicted octanol–water partition coefficient (Wildman–Crippen LogP) is 2.65. The summed E-state index contributed by atoms with van der Waals surface area (Å²) in [5, 5.41) is 23.5. The zero-order valence-corrected chi connectivity index (χ0v) is 13.2. The standard InChI is InChI=1S/C19H21NO3/c1-13-8-9-15(11-17(13)21)18(22)20-12-19(23)10-4-6-14-5-2-3-7-16(14)19/h2-3,5,7-9,11,21,23H,4,6,10,12H2,1H3,(H,20,22). The fraction of sp³-hybridized carbons (Fsp3) is 0.316. The normalized spacial score (nSPS) is 19.9. The molecule has 1 amide bonds. The van der Waals surface area contributed by atoms with Gasteiger partial charge >= 0.3 is 0 Å². The van der Waals surface area contributed by atoms with E-state index in [4.69, 9.17) is 0 Å². The number of phenolic OH excluding ortho intramolecular Hbond substituents is 1. The first-order chi connectivity index (χ1) is 11.0. The first kappa shape index (κ1) is 15.6. The molecule has 0 heterocycles. The summed E-state index contributed by atoms with van der Waals surface area (Å²) in [7, 11) is 0. The number of rotatable bonds is 3. The summed E-state index contributed by atoms with van der Waals surface area (Å²) in [6.45, 7) is 1.94. The number of carbonyl (C=O) groups excluding carboxylic acids is 1. The van der Waals surface area contributed by atoms with Gasteiger partial charge in [-0.15, -0.1) is 0 Å². The van der Waals surface area contributed by atoms with Crippen molar-refractivity contribution in [1.82, 2.24) is 5.32 Å². The van der Waals surface area contributed by atoms with Gasteiger partial charge in [0.25, 0.3) is 5.91 Å². The van der Waals surface area contributed by atoms with E-state index in [0.29, 0.717) is 12.0 Å². The van der Waals surface area contributed by atoms with Crippen molar-refractivity contribution in [3.63, 3.8) is 0 Å². The van der Waals surface area contributed by atoms with Crippen LogP contribution in [0.2, 0.25) is 0 Å². The number of amides is 1. The topological polar surface area (TPSA) is 69.6 Å². The summed E-state index contributed by atoms with van der Waals surface area (Å²) in [5.41, 5.74) is 2.13. The molecule has 4 heteroatoms. The highest BCUT2D eigenvalue weighted by Crippen LogP contribution is 2.34. The van der Waals surface area contributed by atoms with Gasteiger partial charge in [-0.25, -0.2) is 0 Å². The van der Waals surface area contributed by atoms with E-state index < -0.39 is 5.60 Å². The number of hydrogen-bond acceptors (Lipinski definition) is 3. The Morgan fingerprint density at radius 3 is 2.83 bits per heavy atom. The van der Waals surface area contributed by atoms with Crippen LogP contribution >= 0.6 is 0 Å². The van der Waals surface area contributed by atoms with Crippen molar-refractivity contribution in [2.75, 3.05) is 6.54 Å². The molecule has 4 nitrogen and oxygen atoms in total. The van der Waals surface area contributed by atoms with Gasteiger partial charge in [0.05, 0.1) is 6.54 Å². The Hall–Kier alpha value is -2.33. The molecule has 1 aliphatic rings. The van der Waals surface area contributed by atoms with Crippen LogP contribution in [0.4, 0.5) is 0 Å². The number of aliphatic hydroxyl groups is 1. The molecular weight excluding hydrogens is 290 g/mol. The van der Waals surface area contributed by atoms with E-state index in [0.717, 1.165) is 29.5 Å². The zero-order valence-electron chi connectivity index (χ0n) is 13.2. The van der Waals surface area contributed by atoms with Gasteiger partial charge in [-0.1, -0.05) is 30.3 Å². The second-order valence-electron chi connectivity index (χ2n) is 6.23. The molecule has 0 fully saturated rings. The number of fused-ring (bicyclic) bond motifs is 1. The minimum Gasteiger partial charge on any atom is -0.508 e. The number of hydrogen-bond donors (Lipinski definition) is 3. The van der Waals surface area contributed by atoms with Crippen LogP contribution in [-0.2, 0) is 12.0 Å². The number of phenols is 1. The zero-order chi connectivity index (χ0) is 16.4. The van der Waals surface area contributed by atoms with E-state index in [1.165, 1.54) is 6.07 Å². The van der Waals surface area contributed by atoms with Crippen LogP contribution in [0.3, 0.4) is 0 Å². The Bertz CT molecular complexity index is 741. The third-order valence-corrected chi connectivity index (χ3v) is 4.57. The minimum atomic E-state index is -1.03. The molecule has 0 bridgehead atoms. The molecular formula is C19H21NO3. The van der Waals surface area contributed by atoms with Gasteiger partial charge in [-0.3, -0.25) is 4.79 Å². The highest BCUT2D eigenvalue weighted by Gasteiger charge is 2.34. The maximum Gasteiger partial charge on any atom is 0.251 e. The van der Waals surface area contributed by atoms with Crippen molar-refractivity contribution in [2.45, 2.75) is 31.8 Å². The SMILES string of the molecule is Cc1ccc(C(=O)NCC2(O)CCCc3ccccc32)cc1O. The first-order valence-corrected chi connectivity index (χ1v) is 7.88. The molecule has 3 rings (SSSR count). The molecule has 2 aromatic carbocycles. The average Bonchev–Trinajstić information content (AvgIpc) is 2.56. The van der Waals surface area contributed by atoms with E-state index in [1.807, 2.05) is 24.3 Å². The minimum absolute atomic E-state index is 0.0966. The van der Waals surface area contributed by atoms with Gasteiger partial charge in [0, 0.05) is 5.56 Å². The van der Waals surface area contributed by atoms with Gasteiger partial charge in [0.15, 0.2) is 0 Å². The van der Waals surface area contributed by atoms with E-state index in [-0.39, 0.29) is 18.2 Å². The lowest BCUT2D eigenvalue weighted by Gasteiger charge is -2.34. The molecule has 1 unspecified atom stereocenters. The Kier molecular flexibility index (Phi) is 4.09. The molecule has 0 spiro atoms. The molecule has 2 aromatic rings. The lowest BCUT2D eigenvalue weighted by atomic mass is 9.79. The van der Waals surface area contributed by atoms with Crippen LogP contribution in [0, 0.1) is 6.92 Å². The fourth-order valence-electron chi connectivity index (χ4n) is 3.16. The van der Waals surface area contributed by atoms with Gasteiger partial charge in [-0.05, 0) is 55.0 Å². The molecule has 0 saturated carbocycles. The van der Waals surface area contributed by atoms with Crippen molar-refractivity contribution >= 4 is 5.91 Å². The van der Waals surface area contributed by atoms with Crippen LogP contribution in [-0.4, -0.2) is 22.7 Å². The number of benzene rings is 2. The van der Waals surface area contributed by atoms with Gasteiger partial charge in [0.2, 0.25) is 0 Å². The first-order valence-electron chi connectivity index (χ1n) is 7.88. The second kappa shape index (κ2) is 6.05. The summed E-state index contributed by atoms with van der Waals surface area (Å²) in [6.07, 6.45) is 2.48. The number of carbonyl (C=O) groups is 1. The third kappa shape index (κ3) is 3.08. The Morgan fingerprint density at radius 1 is 1.26 bits per heavy atom. The molecule has 0 aromatic heterocycles. The van der Waals surface area contributed by atoms with Crippen LogP contribution in [0.25, 0.3) is 0 Å². The Labute approximate surface area is 135 Å². The molecule has 0 aliphatic heterocycles. The molecule has 0 radical (unpaired) electrons. The lowest BCUT2D eigenvalue weighted by molar-refractivity contribution is 0.0189. The van der Waals surface area contributed by atoms with Crippen molar-refractivity contribution in [2.24, 2.45) is 0 Å². The second-order valence-corrected chi connectivity index (χ2v) is 6.23. The number of aromatic hydroxyl groups is 1. The van der Waals surface area contributed by atoms with Crippen LogP contribution in [0.5, 0.6) is 5.75 Å². The molecule has 3 N–H and O–H groups in total. The summed E-state index contributed by atoms with van der Waals surface area (Å²) in [4.78, 5) is 12.3. The van der Waals surface area contributed by atoms with Gasteiger partial charge < -0.3 is 15.5 Å². The van der Waals surface area contributed by atoms with Crippen molar-refractivity contribution < 1.29 is 15.0 Å². The Balaban J connectivity index is 1.75. The maximum absolute atomic E-state index is 12.3.